The Bertz CT molecular complexity index is 817. The first-order valence-corrected chi connectivity index (χ1v) is 6.66. The fraction of sp³-hybridized carbons (Fsp3) is 0.176. The molecule has 0 amide bonds. The third-order valence-corrected chi connectivity index (χ3v) is 4.06. The summed E-state index contributed by atoms with van der Waals surface area (Å²) >= 11 is 0. The molecule has 20 heavy (non-hydrogen) atoms. The van der Waals surface area contributed by atoms with Crippen LogP contribution in [-0.4, -0.2) is 19.2 Å². The lowest BCUT2D eigenvalue weighted by Crippen LogP contribution is -1.87. The molecule has 0 saturated carbocycles. The number of rotatable bonds is 2. The number of aromatic nitrogens is 1. The van der Waals surface area contributed by atoms with Gasteiger partial charge in [-0.3, -0.25) is 0 Å². The lowest BCUT2D eigenvalue weighted by Gasteiger charge is -2.04. The fourth-order valence-corrected chi connectivity index (χ4v) is 3.04. The van der Waals surface area contributed by atoms with Crippen LogP contribution in [0.5, 0.6) is 11.5 Å². The van der Waals surface area contributed by atoms with Gasteiger partial charge < -0.3 is 14.5 Å². The minimum atomic E-state index is 0.896. The standard InChI is InChI=1S/C17H15NO2/c1-19-11-3-5-13-10(7-11)8-15-14-9-12(20-2)4-6-16(14)18-17(13)15/h3-7,9,18H,8H2,1-2H3. The average molecular weight is 265 g/mol. The Morgan fingerprint density at radius 1 is 0.950 bits per heavy atom. The Labute approximate surface area is 117 Å². The maximum Gasteiger partial charge on any atom is 0.119 e. The molecule has 1 heterocycles. The summed E-state index contributed by atoms with van der Waals surface area (Å²) in [6.07, 6.45) is 0.940. The monoisotopic (exact) mass is 265 g/mol. The summed E-state index contributed by atoms with van der Waals surface area (Å²) in [6.45, 7) is 0. The van der Waals surface area contributed by atoms with Gasteiger partial charge in [0.1, 0.15) is 11.5 Å². The van der Waals surface area contributed by atoms with E-state index in [0.29, 0.717) is 0 Å². The second-order valence-electron chi connectivity index (χ2n) is 5.09. The molecule has 1 N–H and O–H groups in total. The van der Waals surface area contributed by atoms with Gasteiger partial charge in [-0.05, 0) is 47.5 Å². The van der Waals surface area contributed by atoms with E-state index >= 15 is 0 Å². The van der Waals surface area contributed by atoms with Crippen molar-refractivity contribution in [2.24, 2.45) is 0 Å². The number of nitrogens with one attached hydrogen (secondary N) is 1. The fourth-order valence-electron chi connectivity index (χ4n) is 3.04. The molecule has 3 nitrogen and oxygen atoms in total. The Morgan fingerprint density at radius 3 is 2.50 bits per heavy atom. The molecule has 0 saturated heterocycles. The summed E-state index contributed by atoms with van der Waals surface area (Å²) in [6, 6.07) is 12.4. The first kappa shape index (κ1) is 11.4. The largest absolute Gasteiger partial charge is 0.497 e. The minimum Gasteiger partial charge on any atom is -0.497 e. The van der Waals surface area contributed by atoms with E-state index in [1.807, 2.05) is 12.1 Å². The number of fused-ring (bicyclic) bond motifs is 5. The summed E-state index contributed by atoms with van der Waals surface area (Å²) < 4.78 is 10.6. The predicted octanol–water partition coefficient (Wildman–Crippen LogP) is 3.76. The number of methoxy groups -OCH3 is 2. The molecule has 0 atom stereocenters. The molecule has 0 bridgehead atoms. The summed E-state index contributed by atoms with van der Waals surface area (Å²) in [5.41, 5.74) is 6.33. The van der Waals surface area contributed by atoms with E-state index in [4.69, 9.17) is 9.47 Å². The Balaban J connectivity index is 1.93. The molecule has 0 unspecified atom stereocenters. The summed E-state index contributed by atoms with van der Waals surface area (Å²) in [7, 11) is 3.41. The van der Waals surface area contributed by atoms with Gasteiger partial charge in [0.05, 0.1) is 19.9 Å². The first-order valence-electron chi connectivity index (χ1n) is 6.66. The summed E-state index contributed by atoms with van der Waals surface area (Å²) in [4.78, 5) is 3.52. The number of aromatic amines is 1. The third kappa shape index (κ3) is 1.46. The van der Waals surface area contributed by atoms with Gasteiger partial charge in [-0.15, -0.1) is 0 Å². The van der Waals surface area contributed by atoms with Crippen molar-refractivity contribution in [1.82, 2.24) is 4.98 Å². The molecule has 0 fully saturated rings. The van der Waals surface area contributed by atoms with Crippen LogP contribution in [-0.2, 0) is 6.42 Å². The molecule has 0 radical (unpaired) electrons. The van der Waals surface area contributed by atoms with Crippen molar-refractivity contribution in [3.05, 3.63) is 47.5 Å². The molecule has 3 aromatic rings. The molecule has 3 heteroatoms. The predicted molar refractivity (Wildman–Crippen MR) is 79.6 cm³/mol. The van der Waals surface area contributed by atoms with Crippen molar-refractivity contribution in [1.29, 1.82) is 0 Å². The van der Waals surface area contributed by atoms with Crippen molar-refractivity contribution >= 4 is 10.9 Å². The molecule has 0 aliphatic heterocycles. The number of benzene rings is 2. The molecule has 2 aromatic carbocycles. The van der Waals surface area contributed by atoms with E-state index < -0.39 is 0 Å². The van der Waals surface area contributed by atoms with Gasteiger partial charge in [-0.25, -0.2) is 0 Å². The zero-order chi connectivity index (χ0) is 13.7. The van der Waals surface area contributed by atoms with Crippen molar-refractivity contribution < 1.29 is 9.47 Å². The number of H-pyrrole nitrogens is 1. The van der Waals surface area contributed by atoms with Gasteiger partial charge >= 0.3 is 0 Å². The highest BCUT2D eigenvalue weighted by atomic mass is 16.5. The minimum absolute atomic E-state index is 0.896. The van der Waals surface area contributed by atoms with Crippen LogP contribution in [0.4, 0.5) is 0 Å². The molecule has 4 rings (SSSR count). The molecule has 1 aliphatic carbocycles. The Morgan fingerprint density at radius 2 is 1.70 bits per heavy atom. The molecule has 0 spiro atoms. The zero-order valence-corrected chi connectivity index (χ0v) is 11.5. The van der Waals surface area contributed by atoms with Crippen LogP contribution in [0.1, 0.15) is 11.1 Å². The van der Waals surface area contributed by atoms with Gasteiger partial charge in [0, 0.05) is 22.9 Å². The lowest BCUT2D eigenvalue weighted by molar-refractivity contribution is 0.414. The zero-order valence-electron chi connectivity index (χ0n) is 11.5. The van der Waals surface area contributed by atoms with Gasteiger partial charge in [0.15, 0.2) is 0 Å². The second-order valence-corrected chi connectivity index (χ2v) is 5.09. The van der Waals surface area contributed by atoms with Gasteiger partial charge in [0.25, 0.3) is 0 Å². The van der Waals surface area contributed by atoms with E-state index in [1.54, 1.807) is 14.2 Å². The topological polar surface area (TPSA) is 34.2 Å². The van der Waals surface area contributed by atoms with Crippen LogP contribution >= 0.6 is 0 Å². The van der Waals surface area contributed by atoms with Crippen LogP contribution < -0.4 is 9.47 Å². The number of hydrogen-bond donors (Lipinski definition) is 1. The molecular formula is C17H15NO2. The highest BCUT2D eigenvalue weighted by Gasteiger charge is 2.23. The SMILES string of the molecule is COc1ccc2c(c1)Cc1c-2[nH]c2ccc(OC)cc12. The van der Waals surface area contributed by atoms with Gasteiger partial charge in [-0.1, -0.05) is 0 Å². The van der Waals surface area contributed by atoms with Crippen molar-refractivity contribution in [2.75, 3.05) is 14.2 Å². The lowest BCUT2D eigenvalue weighted by atomic mass is 10.1. The quantitative estimate of drug-likeness (QED) is 0.599. The third-order valence-electron chi connectivity index (χ3n) is 4.06. The number of ether oxygens (including phenoxy) is 2. The maximum atomic E-state index is 5.33. The van der Waals surface area contributed by atoms with Gasteiger partial charge in [-0.2, -0.15) is 0 Å². The molecule has 100 valence electrons. The summed E-state index contributed by atoms with van der Waals surface area (Å²) in [5, 5.41) is 1.24. The molecule has 1 aromatic heterocycles. The average Bonchev–Trinajstić information content (AvgIpc) is 3.01. The van der Waals surface area contributed by atoms with Crippen molar-refractivity contribution in [3.63, 3.8) is 0 Å². The van der Waals surface area contributed by atoms with Crippen LogP contribution in [0.25, 0.3) is 22.2 Å². The maximum absolute atomic E-state index is 5.33. The summed E-state index contributed by atoms with van der Waals surface area (Å²) in [5.74, 6) is 1.81. The molecule has 1 aliphatic rings. The Kier molecular flexibility index (Phi) is 2.30. The molecular weight excluding hydrogens is 250 g/mol. The van der Waals surface area contributed by atoms with Crippen LogP contribution in [0.2, 0.25) is 0 Å². The van der Waals surface area contributed by atoms with E-state index in [2.05, 4.69) is 29.2 Å². The van der Waals surface area contributed by atoms with Crippen LogP contribution in [0.3, 0.4) is 0 Å². The van der Waals surface area contributed by atoms with E-state index in [-0.39, 0.29) is 0 Å². The van der Waals surface area contributed by atoms with Crippen molar-refractivity contribution in [3.8, 4) is 22.8 Å². The smallest absolute Gasteiger partial charge is 0.119 e. The normalized spacial score (nSPS) is 12.3. The second kappa shape index (κ2) is 4.04. The highest BCUT2D eigenvalue weighted by Crippen LogP contribution is 2.42. The van der Waals surface area contributed by atoms with Gasteiger partial charge in [0.2, 0.25) is 0 Å². The van der Waals surface area contributed by atoms with E-state index in [1.165, 1.54) is 27.8 Å². The number of hydrogen-bond acceptors (Lipinski definition) is 2. The highest BCUT2D eigenvalue weighted by molar-refractivity contribution is 5.95. The van der Waals surface area contributed by atoms with E-state index in [9.17, 15) is 0 Å². The van der Waals surface area contributed by atoms with Crippen LogP contribution in [0, 0.1) is 0 Å². The van der Waals surface area contributed by atoms with Crippen LogP contribution in [0.15, 0.2) is 36.4 Å². The first-order chi connectivity index (χ1) is 9.80. The Hall–Kier alpha value is -2.42. The van der Waals surface area contributed by atoms with Crippen molar-refractivity contribution in [2.45, 2.75) is 6.42 Å². The van der Waals surface area contributed by atoms with E-state index in [0.717, 1.165) is 23.4 Å².